The number of rotatable bonds is 19. The molecular formula is C37H56N3O6-. The Morgan fingerprint density at radius 3 is 2.59 bits per heavy atom. The number of aliphatic hydroxyl groups excluding tert-OH is 3. The van der Waals surface area contributed by atoms with Crippen LogP contribution in [0, 0.1) is 29.6 Å². The van der Waals surface area contributed by atoms with E-state index in [0.29, 0.717) is 49.5 Å². The van der Waals surface area contributed by atoms with Crippen molar-refractivity contribution in [2.45, 2.75) is 127 Å². The first-order chi connectivity index (χ1) is 22.1. The SMILES string of the molecule is CCCCCC1C=CC(CCCCCC(C(=O)O)C(O)CCC2(O)CC(Cc3ccnc(N)c3)CC2C(O)c2ccc[n-]2)C(O)C1. The summed E-state index contributed by atoms with van der Waals surface area (Å²) in [7, 11) is 0. The van der Waals surface area contributed by atoms with Crippen molar-refractivity contribution in [3.8, 4) is 0 Å². The second-order valence-electron chi connectivity index (χ2n) is 14.1. The van der Waals surface area contributed by atoms with E-state index in [0.717, 1.165) is 37.7 Å². The zero-order chi connectivity index (χ0) is 33.1. The summed E-state index contributed by atoms with van der Waals surface area (Å²) in [5, 5.41) is 54.9. The van der Waals surface area contributed by atoms with Gasteiger partial charge in [-0.15, -0.1) is 5.69 Å². The number of nitrogens with two attached hydrogens (primary N) is 1. The molecule has 0 aliphatic heterocycles. The van der Waals surface area contributed by atoms with Crippen molar-refractivity contribution >= 4 is 11.8 Å². The van der Waals surface area contributed by atoms with Crippen molar-refractivity contribution in [2.24, 2.45) is 29.6 Å². The molecule has 0 aromatic carbocycles. The highest BCUT2D eigenvalue weighted by atomic mass is 16.4. The number of nitrogens with zero attached hydrogens (tertiary/aromatic N) is 2. The molecule has 0 radical (unpaired) electrons. The number of unbranched alkanes of at least 4 members (excludes halogenated alkanes) is 4. The second-order valence-corrected chi connectivity index (χ2v) is 14.1. The number of carbonyl (C=O) groups is 1. The molecule has 4 rings (SSSR count). The van der Waals surface area contributed by atoms with Gasteiger partial charge in [0.25, 0.3) is 0 Å². The van der Waals surface area contributed by atoms with E-state index in [1.54, 1.807) is 24.5 Å². The minimum absolute atomic E-state index is 0.0679. The summed E-state index contributed by atoms with van der Waals surface area (Å²) >= 11 is 0. The fourth-order valence-electron chi connectivity index (χ4n) is 7.98. The Labute approximate surface area is 274 Å². The smallest absolute Gasteiger partial charge is 0.309 e. The van der Waals surface area contributed by atoms with Crippen LogP contribution in [0.15, 0.2) is 48.8 Å². The minimum Gasteiger partial charge on any atom is -0.665 e. The molecule has 9 nitrogen and oxygen atoms in total. The number of pyridine rings is 1. The van der Waals surface area contributed by atoms with Crippen LogP contribution in [0.2, 0.25) is 0 Å². The number of aliphatic hydroxyl groups is 4. The van der Waals surface area contributed by atoms with E-state index in [2.05, 4.69) is 29.0 Å². The Morgan fingerprint density at radius 2 is 1.89 bits per heavy atom. The summed E-state index contributed by atoms with van der Waals surface area (Å²) in [6.07, 6.45) is 16.5. The maximum atomic E-state index is 12.2. The van der Waals surface area contributed by atoms with E-state index in [4.69, 9.17) is 5.73 Å². The highest BCUT2D eigenvalue weighted by Gasteiger charge is 2.49. The van der Waals surface area contributed by atoms with E-state index in [9.17, 15) is 30.3 Å². The summed E-state index contributed by atoms with van der Waals surface area (Å²) in [6, 6.07) is 7.22. The molecule has 2 aromatic heterocycles. The number of aliphatic carboxylic acids is 1. The van der Waals surface area contributed by atoms with Crippen LogP contribution < -0.4 is 10.7 Å². The van der Waals surface area contributed by atoms with E-state index in [1.807, 2.05) is 12.1 Å². The predicted molar refractivity (Wildman–Crippen MR) is 179 cm³/mol. The van der Waals surface area contributed by atoms with Crippen LogP contribution >= 0.6 is 0 Å². The van der Waals surface area contributed by atoms with Gasteiger partial charge >= 0.3 is 5.97 Å². The Bertz CT molecular complexity index is 1220. The number of hydrogen-bond acceptors (Lipinski definition) is 7. The highest BCUT2D eigenvalue weighted by molar-refractivity contribution is 5.70. The fraction of sp³-hybridized carbons (Fsp3) is 0.676. The van der Waals surface area contributed by atoms with Gasteiger partial charge < -0.3 is 36.3 Å². The van der Waals surface area contributed by atoms with Gasteiger partial charge in [0.05, 0.1) is 29.8 Å². The Morgan fingerprint density at radius 1 is 1.09 bits per heavy atom. The molecule has 0 amide bonds. The number of anilines is 1. The van der Waals surface area contributed by atoms with Crippen molar-refractivity contribution < 1.29 is 30.3 Å². The molecule has 0 bridgehead atoms. The molecule has 2 aliphatic carbocycles. The maximum Gasteiger partial charge on any atom is 0.309 e. The third kappa shape index (κ3) is 10.1. The number of carboxylic acid groups (broad SMARTS) is 1. The average molecular weight is 639 g/mol. The van der Waals surface area contributed by atoms with Crippen LogP contribution in [0.1, 0.15) is 114 Å². The number of aromatic nitrogens is 2. The van der Waals surface area contributed by atoms with Crippen molar-refractivity contribution in [2.75, 3.05) is 5.73 Å². The molecule has 1 fully saturated rings. The standard InChI is InChI=1S/C37H56N3O6/c1-2-3-5-9-25-13-14-28(33(42)22-25)10-6-4-7-11-29(36(44)45)32(41)15-17-37(46)24-27(20-26-16-19-40-34(38)23-26)21-30(37)35(43)31-12-8-18-39-31/h8,12-14,16,18-19,23,25,27-30,32-33,35,41-43,46H,2-7,9-11,15,17,20-22,24H2,1H3,(H2,38,40)(H,44,45)/q-1. The number of allylic oxidation sites excluding steroid dienone is 1. The van der Waals surface area contributed by atoms with Crippen molar-refractivity contribution in [1.29, 1.82) is 0 Å². The molecule has 46 heavy (non-hydrogen) atoms. The van der Waals surface area contributed by atoms with Crippen LogP contribution in [0.5, 0.6) is 0 Å². The minimum atomic E-state index is -1.28. The Kier molecular flexibility index (Phi) is 13.7. The van der Waals surface area contributed by atoms with Gasteiger partial charge in [-0.25, -0.2) is 4.98 Å². The summed E-state index contributed by atoms with van der Waals surface area (Å²) < 4.78 is 0. The van der Waals surface area contributed by atoms with Gasteiger partial charge in [0.1, 0.15) is 5.82 Å². The molecule has 9 unspecified atom stereocenters. The molecule has 0 spiro atoms. The van der Waals surface area contributed by atoms with Crippen LogP contribution in [-0.4, -0.2) is 54.3 Å². The molecule has 0 saturated heterocycles. The van der Waals surface area contributed by atoms with Gasteiger partial charge in [0.15, 0.2) is 0 Å². The highest BCUT2D eigenvalue weighted by Crippen LogP contribution is 2.49. The van der Waals surface area contributed by atoms with Gasteiger partial charge in [-0.3, -0.25) is 4.79 Å². The number of hydrogen-bond donors (Lipinski definition) is 6. The average Bonchev–Trinajstić information content (AvgIpc) is 3.67. The third-order valence-corrected chi connectivity index (χ3v) is 10.6. The largest absolute Gasteiger partial charge is 0.665 e. The summed E-state index contributed by atoms with van der Waals surface area (Å²) in [5.74, 6) is -1.34. The lowest BCUT2D eigenvalue weighted by atomic mass is 9.79. The van der Waals surface area contributed by atoms with Crippen LogP contribution in [-0.2, 0) is 11.2 Å². The molecule has 2 heterocycles. The third-order valence-electron chi connectivity index (χ3n) is 10.6. The van der Waals surface area contributed by atoms with Gasteiger partial charge in [-0.2, -0.15) is 6.20 Å². The molecule has 1 saturated carbocycles. The predicted octanol–water partition coefficient (Wildman–Crippen LogP) is 5.58. The van der Waals surface area contributed by atoms with E-state index >= 15 is 0 Å². The van der Waals surface area contributed by atoms with Crippen molar-refractivity contribution in [3.63, 3.8) is 0 Å². The topological polar surface area (TPSA) is 171 Å². The molecule has 2 aromatic rings. The van der Waals surface area contributed by atoms with E-state index in [1.165, 1.54) is 19.3 Å². The van der Waals surface area contributed by atoms with Crippen LogP contribution in [0.25, 0.3) is 0 Å². The van der Waals surface area contributed by atoms with Crippen LogP contribution in [0.4, 0.5) is 5.82 Å². The summed E-state index contributed by atoms with van der Waals surface area (Å²) in [6.45, 7) is 2.20. The summed E-state index contributed by atoms with van der Waals surface area (Å²) in [4.78, 5) is 20.5. The fourth-order valence-corrected chi connectivity index (χ4v) is 7.98. The van der Waals surface area contributed by atoms with E-state index < -0.39 is 35.6 Å². The molecule has 2 aliphatic rings. The van der Waals surface area contributed by atoms with Gasteiger partial charge in [-0.1, -0.05) is 69.7 Å². The maximum absolute atomic E-state index is 12.2. The normalized spacial score (nSPS) is 28.2. The zero-order valence-corrected chi connectivity index (χ0v) is 27.5. The molecular weight excluding hydrogens is 582 g/mol. The number of nitrogen functional groups attached to an aromatic ring is 1. The van der Waals surface area contributed by atoms with E-state index in [-0.39, 0.29) is 30.8 Å². The Balaban J connectivity index is 1.27. The summed E-state index contributed by atoms with van der Waals surface area (Å²) in [5.41, 5.74) is 6.10. The van der Waals surface area contributed by atoms with Gasteiger partial charge in [0.2, 0.25) is 0 Å². The lowest BCUT2D eigenvalue weighted by molar-refractivity contribution is -0.147. The molecule has 256 valence electrons. The Hall–Kier alpha value is -2.72. The monoisotopic (exact) mass is 638 g/mol. The lowest BCUT2D eigenvalue weighted by Crippen LogP contribution is -2.39. The first-order valence-electron chi connectivity index (χ1n) is 17.5. The second kappa shape index (κ2) is 17.4. The zero-order valence-electron chi connectivity index (χ0n) is 27.5. The first-order valence-corrected chi connectivity index (χ1v) is 17.5. The quantitative estimate of drug-likeness (QED) is 0.0849. The van der Waals surface area contributed by atoms with Gasteiger partial charge in [-0.05, 0) is 87.3 Å². The van der Waals surface area contributed by atoms with Gasteiger partial charge in [0, 0.05) is 18.0 Å². The lowest BCUT2D eigenvalue weighted by Gasteiger charge is -2.36. The van der Waals surface area contributed by atoms with Crippen LogP contribution in [0.3, 0.4) is 0 Å². The van der Waals surface area contributed by atoms with Crippen molar-refractivity contribution in [1.82, 2.24) is 9.97 Å². The molecule has 9 heteroatoms. The molecule has 7 N–H and O–H groups in total. The molecule has 9 atom stereocenters. The van der Waals surface area contributed by atoms with Crippen molar-refractivity contribution in [3.05, 3.63) is 60.1 Å². The number of carboxylic acids is 1. The first kappa shape index (κ1) is 36.1.